The van der Waals surface area contributed by atoms with Crippen LogP contribution in [0.25, 0.3) is 0 Å². The molecule has 1 rings (SSSR count). The first-order chi connectivity index (χ1) is 8.43. The second-order valence-corrected chi connectivity index (χ2v) is 5.10. The Morgan fingerprint density at radius 1 is 1.39 bits per heavy atom. The van der Waals surface area contributed by atoms with Crippen LogP contribution in [0.1, 0.15) is 25.8 Å². The van der Waals surface area contributed by atoms with Crippen LogP contribution in [0.15, 0.2) is 18.2 Å². The highest BCUT2D eigenvalue weighted by Gasteiger charge is 2.23. The van der Waals surface area contributed by atoms with Crippen molar-refractivity contribution < 1.29 is 14.3 Å². The number of aryl methyl sites for hydroxylation is 1. The molecule has 0 heterocycles. The average Bonchev–Trinajstić information content (AvgIpc) is 2.30. The van der Waals surface area contributed by atoms with Crippen LogP contribution in [-0.4, -0.2) is 19.2 Å². The fourth-order valence-corrected chi connectivity index (χ4v) is 1.89. The molecule has 1 aromatic rings. The third kappa shape index (κ3) is 4.22. The summed E-state index contributed by atoms with van der Waals surface area (Å²) >= 11 is 6.08. The van der Waals surface area contributed by atoms with Crippen LogP contribution in [0.5, 0.6) is 5.75 Å². The van der Waals surface area contributed by atoms with E-state index in [1.807, 2.05) is 26.8 Å². The molecule has 1 aromatic carbocycles. The van der Waals surface area contributed by atoms with Gasteiger partial charge >= 0.3 is 5.97 Å². The molecule has 100 valence electrons. The molecule has 1 atom stereocenters. The third-order valence-corrected chi connectivity index (χ3v) is 2.80. The van der Waals surface area contributed by atoms with Crippen molar-refractivity contribution in [2.24, 2.45) is 5.92 Å². The normalized spacial score (nSPS) is 12.3. The van der Waals surface area contributed by atoms with Gasteiger partial charge in [0.2, 0.25) is 0 Å². The van der Waals surface area contributed by atoms with E-state index in [4.69, 9.17) is 21.1 Å². The number of benzene rings is 1. The molecule has 0 aliphatic carbocycles. The lowest BCUT2D eigenvalue weighted by molar-refractivity contribution is -0.149. The van der Waals surface area contributed by atoms with Crippen molar-refractivity contribution in [2.45, 2.75) is 33.3 Å². The van der Waals surface area contributed by atoms with Crippen molar-refractivity contribution >= 4 is 17.6 Å². The summed E-state index contributed by atoms with van der Waals surface area (Å²) in [7, 11) is 1.36. The van der Waals surface area contributed by atoms with Gasteiger partial charge in [0.1, 0.15) is 5.75 Å². The smallest absolute Gasteiger partial charge is 0.347 e. The van der Waals surface area contributed by atoms with Crippen molar-refractivity contribution in [3.05, 3.63) is 28.8 Å². The molecule has 0 aromatic heterocycles. The molecule has 0 amide bonds. The van der Waals surface area contributed by atoms with E-state index in [9.17, 15) is 4.79 Å². The summed E-state index contributed by atoms with van der Waals surface area (Å²) in [6.07, 6.45) is -0.0214. The Hall–Kier alpha value is -1.22. The minimum Gasteiger partial charge on any atom is -0.477 e. The van der Waals surface area contributed by atoms with Crippen LogP contribution in [0.2, 0.25) is 5.02 Å². The van der Waals surface area contributed by atoms with Gasteiger partial charge in [0.15, 0.2) is 6.10 Å². The van der Waals surface area contributed by atoms with Crippen LogP contribution in [-0.2, 0) is 9.53 Å². The molecule has 18 heavy (non-hydrogen) atoms. The Labute approximate surface area is 113 Å². The summed E-state index contributed by atoms with van der Waals surface area (Å²) in [6, 6.07) is 5.47. The third-order valence-electron chi connectivity index (χ3n) is 2.51. The van der Waals surface area contributed by atoms with Crippen molar-refractivity contribution in [1.82, 2.24) is 0 Å². The largest absolute Gasteiger partial charge is 0.477 e. The first kappa shape index (κ1) is 14.8. The van der Waals surface area contributed by atoms with Crippen LogP contribution in [0.3, 0.4) is 0 Å². The number of hydrogen-bond donors (Lipinski definition) is 0. The van der Waals surface area contributed by atoms with E-state index in [0.29, 0.717) is 23.1 Å². The number of methoxy groups -OCH3 is 1. The summed E-state index contributed by atoms with van der Waals surface area (Å²) in [5, 5.41) is 0.507. The number of ether oxygens (including phenoxy) is 2. The highest BCUT2D eigenvalue weighted by atomic mass is 35.5. The highest BCUT2D eigenvalue weighted by Crippen LogP contribution is 2.27. The molecule has 0 radical (unpaired) electrons. The Balaban J connectivity index is 2.85. The predicted octanol–water partition coefficient (Wildman–Crippen LogP) is 3.61. The molecule has 0 unspecified atom stereocenters. The summed E-state index contributed by atoms with van der Waals surface area (Å²) in [4.78, 5) is 11.6. The fourth-order valence-electron chi connectivity index (χ4n) is 1.61. The van der Waals surface area contributed by atoms with Crippen LogP contribution < -0.4 is 4.74 Å². The molecule has 0 N–H and O–H groups in total. The van der Waals surface area contributed by atoms with Gasteiger partial charge in [-0.1, -0.05) is 31.5 Å². The Bertz CT molecular complexity index is 416. The molecule has 0 spiro atoms. The fraction of sp³-hybridized carbons (Fsp3) is 0.500. The van der Waals surface area contributed by atoms with Crippen molar-refractivity contribution in [3.63, 3.8) is 0 Å². The van der Waals surface area contributed by atoms with Crippen molar-refractivity contribution in [1.29, 1.82) is 0 Å². The summed E-state index contributed by atoms with van der Waals surface area (Å²) in [5.74, 6) is 0.469. The lowest BCUT2D eigenvalue weighted by Crippen LogP contribution is -2.30. The zero-order valence-electron chi connectivity index (χ0n) is 11.2. The Morgan fingerprint density at radius 3 is 2.56 bits per heavy atom. The standard InChI is InChI=1S/C14H19ClO3/c1-9(2)7-13(14(16)17-4)18-12-6-5-10(3)8-11(12)15/h5-6,8-9,13H,7H2,1-4H3/t13-/m0/s1. The maximum Gasteiger partial charge on any atom is 0.347 e. The monoisotopic (exact) mass is 270 g/mol. The van der Waals surface area contributed by atoms with E-state index in [2.05, 4.69) is 0 Å². The molecule has 0 fully saturated rings. The van der Waals surface area contributed by atoms with Crippen molar-refractivity contribution in [2.75, 3.05) is 7.11 Å². The number of rotatable bonds is 5. The molecule has 4 heteroatoms. The quantitative estimate of drug-likeness (QED) is 0.767. The van der Waals surface area contributed by atoms with Gasteiger partial charge in [0.25, 0.3) is 0 Å². The van der Waals surface area contributed by atoms with E-state index in [1.165, 1.54) is 7.11 Å². The summed E-state index contributed by atoms with van der Waals surface area (Å²) in [5.41, 5.74) is 1.05. The summed E-state index contributed by atoms with van der Waals surface area (Å²) in [6.45, 7) is 5.99. The number of carbonyl (C=O) groups excluding carboxylic acids is 1. The van der Waals surface area contributed by atoms with Gasteiger partial charge in [-0.15, -0.1) is 0 Å². The molecule has 0 saturated heterocycles. The minimum atomic E-state index is -0.616. The number of halogens is 1. The van der Waals surface area contributed by atoms with E-state index < -0.39 is 6.10 Å². The number of carbonyl (C=O) groups is 1. The average molecular weight is 271 g/mol. The van der Waals surface area contributed by atoms with E-state index in [0.717, 1.165) is 5.56 Å². The van der Waals surface area contributed by atoms with Gasteiger partial charge < -0.3 is 9.47 Å². The molecule has 3 nitrogen and oxygen atoms in total. The van der Waals surface area contributed by atoms with Gasteiger partial charge in [-0.3, -0.25) is 0 Å². The van der Waals surface area contributed by atoms with Gasteiger partial charge in [-0.05, 0) is 37.0 Å². The first-order valence-corrected chi connectivity index (χ1v) is 6.32. The molecule has 0 aliphatic heterocycles. The molecule has 0 saturated carbocycles. The van der Waals surface area contributed by atoms with E-state index in [-0.39, 0.29) is 5.97 Å². The molecular formula is C14H19ClO3. The van der Waals surface area contributed by atoms with Crippen LogP contribution >= 0.6 is 11.6 Å². The zero-order valence-corrected chi connectivity index (χ0v) is 12.0. The Kier molecular flexibility index (Phi) is 5.48. The van der Waals surface area contributed by atoms with Gasteiger partial charge in [-0.25, -0.2) is 4.79 Å². The molecule has 0 bridgehead atoms. The lowest BCUT2D eigenvalue weighted by Gasteiger charge is -2.19. The minimum absolute atomic E-state index is 0.332. The topological polar surface area (TPSA) is 35.5 Å². The van der Waals surface area contributed by atoms with E-state index in [1.54, 1.807) is 12.1 Å². The number of esters is 1. The van der Waals surface area contributed by atoms with Gasteiger partial charge in [0, 0.05) is 0 Å². The SMILES string of the molecule is COC(=O)[C@H](CC(C)C)Oc1ccc(C)cc1Cl. The first-order valence-electron chi connectivity index (χ1n) is 5.94. The molecular weight excluding hydrogens is 252 g/mol. The second kappa shape index (κ2) is 6.64. The van der Waals surface area contributed by atoms with Gasteiger partial charge in [-0.2, -0.15) is 0 Å². The van der Waals surface area contributed by atoms with Crippen LogP contribution in [0.4, 0.5) is 0 Å². The number of hydrogen-bond acceptors (Lipinski definition) is 3. The molecule has 0 aliphatic rings. The summed E-state index contributed by atoms with van der Waals surface area (Å²) < 4.78 is 10.4. The van der Waals surface area contributed by atoms with Crippen LogP contribution in [0, 0.1) is 12.8 Å². The van der Waals surface area contributed by atoms with Crippen molar-refractivity contribution in [3.8, 4) is 5.75 Å². The maximum atomic E-state index is 11.6. The van der Waals surface area contributed by atoms with Gasteiger partial charge in [0.05, 0.1) is 12.1 Å². The predicted molar refractivity (Wildman–Crippen MR) is 72.1 cm³/mol. The van der Waals surface area contributed by atoms with E-state index >= 15 is 0 Å². The second-order valence-electron chi connectivity index (χ2n) is 4.69. The highest BCUT2D eigenvalue weighted by molar-refractivity contribution is 6.32. The zero-order chi connectivity index (χ0) is 13.7. The lowest BCUT2D eigenvalue weighted by atomic mass is 10.1. The maximum absolute atomic E-state index is 11.6. The Morgan fingerprint density at radius 2 is 2.06 bits per heavy atom.